The van der Waals surface area contributed by atoms with Gasteiger partial charge in [-0.05, 0) is 48.9 Å². The van der Waals surface area contributed by atoms with Crippen molar-refractivity contribution in [1.82, 2.24) is 4.90 Å². The molecule has 0 spiro atoms. The lowest BCUT2D eigenvalue weighted by Gasteiger charge is -2.26. The lowest BCUT2D eigenvalue weighted by Crippen LogP contribution is -2.40. The van der Waals surface area contributed by atoms with Crippen LogP contribution in [0.2, 0.25) is 5.02 Å². The lowest BCUT2D eigenvalue weighted by molar-refractivity contribution is -0.114. The van der Waals surface area contributed by atoms with Gasteiger partial charge in [-0.15, -0.1) is 0 Å². The molecular formula is C20H22ClN3O3. The van der Waals surface area contributed by atoms with Gasteiger partial charge in [0.2, 0.25) is 5.91 Å². The first-order chi connectivity index (χ1) is 13.0. The van der Waals surface area contributed by atoms with Crippen LogP contribution in [0.1, 0.15) is 15.9 Å². The number of nitrogens with zero attached hydrogens (tertiary/aromatic N) is 1. The van der Waals surface area contributed by atoms with Crippen LogP contribution in [0.3, 0.4) is 0 Å². The first-order valence-corrected chi connectivity index (χ1v) is 9.18. The Morgan fingerprint density at radius 1 is 1.11 bits per heavy atom. The maximum Gasteiger partial charge on any atom is 0.254 e. The van der Waals surface area contributed by atoms with E-state index in [-0.39, 0.29) is 18.4 Å². The quantitative estimate of drug-likeness (QED) is 0.826. The average Bonchev–Trinajstić information content (AvgIpc) is 2.70. The number of carbonyl (C=O) groups is 2. The molecule has 0 unspecified atom stereocenters. The zero-order chi connectivity index (χ0) is 19.2. The van der Waals surface area contributed by atoms with Crippen molar-refractivity contribution in [3.05, 3.63) is 58.6 Å². The van der Waals surface area contributed by atoms with Gasteiger partial charge in [-0.25, -0.2) is 0 Å². The van der Waals surface area contributed by atoms with E-state index in [9.17, 15) is 9.59 Å². The lowest BCUT2D eigenvalue weighted by atomic mass is 10.1. The summed E-state index contributed by atoms with van der Waals surface area (Å²) in [7, 11) is 0. The zero-order valence-corrected chi connectivity index (χ0v) is 15.9. The number of amides is 2. The molecule has 1 aliphatic heterocycles. The highest BCUT2D eigenvalue weighted by Crippen LogP contribution is 2.22. The number of anilines is 2. The van der Waals surface area contributed by atoms with Gasteiger partial charge in [0.15, 0.2) is 0 Å². The van der Waals surface area contributed by atoms with Crippen LogP contribution in [0.15, 0.2) is 42.5 Å². The number of hydrogen-bond acceptors (Lipinski definition) is 4. The molecule has 3 rings (SSSR count). The highest BCUT2D eigenvalue weighted by Gasteiger charge is 2.18. The van der Waals surface area contributed by atoms with Crippen molar-refractivity contribution in [3.63, 3.8) is 0 Å². The summed E-state index contributed by atoms with van der Waals surface area (Å²) in [5.41, 5.74) is 2.97. The fourth-order valence-corrected chi connectivity index (χ4v) is 3.00. The monoisotopic (exact) mass is 387 g/mol. The fourth-order valence-electron chi connectivity index (χ4n) is 2.82. The largest absolute Gasteiger partial charge is 0.378 e. The van der Waals surface area contributed by atoms with Crippen molar-refractivity contribution in [1.29, 1.82) is 0 Å². The minimum atomic E-state index is -0.179. The summed E-state index contributed by atoms with van der Waals surface area (Å²) in [6.07, 6.45) is 0. The molecule has 27 heavy (non-hydrogen) atoms. The van der Waals surface area contributed by atoms with Crippen LogP contribution in [0.4, 0.5) is 11.4 Å². The first kappa shape index (κ1) is 19.2. The van der Waals surface area contributed by atoms with Crippen LogP contribution in [-0.4, -0.2) is 49.6 Å². The number of rotatable bonds is 5. The van der Waals surface area contributed by atoms with Crippen molar-refractivity contribution >= 4 is 34.8 Å². The molecular weight excluding hydrogens is 366 g/mol. The van der Waals surface area contributed by atoms with E-state index >= 15 is 0 Å². The molecule has 142 valence electrons. The van der Waals surface area contributed by atoms with Crippen molar-refractivity contribution in [2.24, 2.45) is 0 Å². The van der Waals surface area contributed by atoms with Gasteiger partial charge >= 0.3 is 0 Å². The van der Waals surface area contributed by atoms with E-state index < -0.39 is 0 Å². The summed E-state index contributed by atoms with van der Waals surface area (Å²) >= 11 is 6.08. The second-order valence-corrected chi connectivity index (χ2v) is 6.70. The molecule has 0 radical (unpaired) electrons. The fraction of sp³-hybridized carbons (Fsp3) is 0.300. The van der Waals surface area contributed by atoms with E-state index in [1.807, 2.05) is 25.1 Å². The molecule has 1 heterocycles. The summed E-state index contributed by atoms with van der Waals surface area (Å²) in [5, 5.41) is 6.54. The number of benzene rings is 2. The third-order valence-corrected chi connectivity index (χ3v) is 4.83. The number of nitrogens with one attached hydrogen (secondary N) is 2. The van der Waals surface area contributed by atoms with Gasteiger partial charge in [-0.3, -0.25) is 9.59 Å². The minimum absolute atomic E-state index is 0.0192. The van der Waals surface area contributed by atoms with E-state index in [0.717, 1.165) is 11.3 Å². The highest BCUT2D eigenvalue weighted by molar-refractivity contribution is 6.31. The maximum atomic E-state index is 12.4. The Hall–Kier alpha value is -2.57. The van der Waals surface area contributed by atoms with Crippen LogP contribution in [-0.2, 0) is 9.53 Å². The van der Waals surface area contributed by atoms with E-state index in [0.29, 0.717) is 42.6 Å². The van der Waals surface area contributed by atoms with E-state index in [4.69, 9.17) is 16.3 Å². The molecule has 1 fully saturated rings. The molecule has 0 aliphatic carbocycles. The standard InChI is InChI=1S/C20H22ClN3O3/c1-14-17(21)3-2-4-18(14)22-13-19(25)23-16-7-5-15(6-8-16)20(26)24-9-11-27-12-10-24/h2-8,22H,9-13H2,1H3,(H,23,25). The Kier molecular flexibility index (Phi) is 6.32. The molecule has 7 heteroatoms. The Bertz CT molecular complexity index is 818. The normalized spacial score (nSPS) is 13.9. The van der Waals surface area contributed by atoms with Gasteiger partial charge in [0.1, 0.15) is 0 Å². The van der Waals surface area contributed by atoms with E-state index in [2.05, 4.69) is 10.6 Å². The summed E-state index contributed by atoms with van der Waals surface area (Å²) in [5.74, 6) is -0.198. The second kappa shape index (κ2) is 8.88. The molecule has 0 aromatic heterocycles. The molecule has 6 nitrogen and oxygen atoms in total. The molecule has 0 saturated carbocycles. The van der Waals surface area contributed by atoms with Crippen LogP contribution < -0.4 is 10.6 Å². The molecule has 0 atom stereocenters. The first-order valence-electron chi connectivity index (χ1n) is 8.80. The SMILES string of the molecule is Cc1c(Cl)cccc1NCC(=O)Nc1ccc(C(=O)N2CCOCC2)cc1. The number of morpholine rings is 1. The van der Waals surface area contributed by atoms with E-state index in [1.165, 1.54) is 0 Å². The highest BCUT2D eigenvalue weighted by atomic mass is 35.5. The Labute approximate surface area is 163 Å². The van der Waals surface area contributed by atoms with Crippen LogP contribution >= 0.6 is 11.6 Å². The molecule has 1 aliphatic rings. The molecule has 0 bridgehead atoms. The van der Waals surface area contributed by atoms with Crippen molar-refractivity contribution in [2.75, 3.05) is 43.5 Å². The molecule has 1 saturated heterocycles. The van der Waals surface area contributed by atoms with Crippen LogP contribution in [0.5, 0.6) is 0 Å². The average molecular weight is 388 g/mol. The molecule has 2 N–H and O–H groups in total. The van der Waals surface area contributed by atoms with Gasteiger partial charge in [-0.1, -0.05) is 17.7 Å². The predicted molar refractivity (Wildman–Crippen MR) is 106 cm³/mol. The Balaban J connectivity index is 1.53. The third-order valence-electron chi connectivity index (χ3n) is 4.42. The van der Waals surface area contributed by atoms with Gasteiger partial charge in [0.25, 0.3) is 5.91 Å². The number of hydrogen-bond donors (Lipinski definition) is 2. The van der Waals surface area contributed by atoms with Crippen molar-refractivity contribution in [3.8, 4) is 0 Å². The van der Waals surface area contributed by atoms with Crippen LogP contribution in [0.25, 0.3) is 0 Å². The maximum absolute atomic E-state index is 12.4. The van der Waals surface area contributed by atoms with Crippen molar-refractivity contribution in [2.45, 2.75) is 6.92 Å². The van der Waals surface area contributed by atoms with Gasteiger partial charge in [-0.2, -0.15) is 0 Å². The van der Waals surface area contributed by atoms with Crippen LogP contribution in [0, 0.1) is 6.92 Å². The summed E-state index contributed by atoms with van der Waals surface area (Å²) in [6.45, 7) is 4.36. The number of carbonyl (C=O) groups excluding carboxylic acids is 2. The Morgan fingerprint density at radius 2 is 1.81 bits per heavy atom. The summed E-state index contributed by atoms with van der Waals surface area (Å²) in [4.78, 5) is 26.3. The number of ether oxygens (including phenoxy) is 1. The topological polar surface area (TPSA) is 70.7 Å². The smallest absolute Gasteiger partial charge is 0.254 e. The molecule has 2 aromatic rings. The third kappa shape index (κ3) is 4.99. The van der Waals surface area contributed by atoms with Gasteiger partial charge in [0, 0.05) is 35.1 Å². The molecule has 2 aromatic carbocycles. The minimum Gasteiger partial charge on any atom is -0.378 e. The van der Waals surface area contributed by atoms with E-state index in [1.54, 1.807) is 29.2 Å². The Morgan fingerprint density at radius 3 is 2.52 bits per heavy atom. The summed E-state index contributed by atoms with van der Waals surface area (Å²) in [6, 6.07) is 12.4. The summed E-state index contributed by atoms with van der Waals surface area (Å²) < 4.78 is 5.26. The van der Waals surface area contributed by atoms with Gasteiger partial charge in [0.05, 0.1) is 19.8 Å². The predicted octanol–water partition coefficient (Wildman–Crippen LogP) is 3.17. The second-order valence-electron chi connectivity index (χ2n) is 6.30. The van der Waals surface area contributed by atoms with Crippen molar-refractivity contribution < 1.29 is 14.3 Å². The molecule has 2 amide bonds. The number of halogens is 1. The van der Waals surface area contributed by atoms with Gasteiger partial charge < -0.3 is 20.3 Å². The zero-order valence-electron chi connectivity index (χ0n) is 15.1.